The van der Waals surface area contributed by atoms with Crippen molar-refractivity contribution in [2.45, 2.75) is 19.3 Å². The van der Waals surface area contributed by atoms with Gasteiger partial charge in [0.1, 0.15) is 11.5 Å². The van der Waals surface area contributed by atoms with Gasteiger partial charge in [0, 0.05) is 37.0 Å². The molecule has 0 unspecified atom stereocenters. The van der Waals surface area contributed by atoms with Crippen molar-refractivity contribution in [3.63, 3.8) is 0 Å². The third-order valence-electron chi connectivity index (χ3n) is 5.66. The lowest BCUT2D eigenvalue weighted by molar-refractivity contribution is -0.119. The maximum atomic E-state index is 12.2. The van der Waals surface area contributed by atoms with Gasteiger partial charge >= 0.3 is 6.01 Å². The van der Waals surface area contributed by atoms with Crippen LogP contribution in [0.5, 0.6) is 11.8 Å². The number of rotatable bonds is 7. The molecule has 0 bridgehead atoms. The predicted molar refractivity (Wildman–Crippen MR) is 123 cm³/mol. The van der Waals surface area contributed by atoms with Gasteiger partial charge in [-0.1, -0.05) is 12.1 Å². The molecule has 0 amide bonds. The van der Waals surface area contributed by atoms with Gasteiger partial charge < -0.3 is 9.64 Å². The first-order valence-corrected chi connectivity index (χ1v) is 10.5. The molecule has 1 N–H and O–H groups in total. The van der Waals surface area contributed by atoms with Crippen LogP contribution < -0.4 is 15.2 Å². The van der Waals surface area contributed by atoms with E-state index in [0.29, 0.717) is 28.9 Å². The van der Waals surface area contributed by atoms with E-state index < -0.39 is 0 Å². The number of pyridine rings is 1. The van der Waals surface area contributed by atoms with E-state index in [-0.39, 0.29) is 17.5 Å². The molecular formula is C25H22N4O3. The van der Waals surface area contributed by atoms with Crippen LogP contribution in [-0.4, -0.2) is 27.8 Å². The van der Waals surface area contributed by atoms with Gasteiger partial charge in [0.2, 0.25) is 0 Å². The third kappa shape index (κ3) is 4.23. The molecule has 0 aliphatic heterocycles. The summed E-state index contributed by atoms with van der Waals surface area (Å²) in [5.74, 6) is 1.19. The molecule has 32 heavy (non-hydrogen) atoms. The number of hydrogen-bond donors (Lipinski definition) is 1. The van der Waals surface area contributed by atoms with Crippen molar-refractivity contribution in [2.24, 2.45) is 5.92 Å². The largest absolute Gasteiger partial charge is 0.426 e. The molecule has 2 aromatic carbocycles. The number of benzene rings is 2. The summed E-state index contributed by atoms with van der Waals surface area (Å²) < 4.78 is 5.74. The van der Waals surface area contributed by atoms with Crippen molar-refractivity contribution >= 4 is 28.1 Å². The maximum Gasteiger partial charge on any atom is 0.302 e. The summed E-state index contributed by atoms with van der Waals surface area (Å²) >= 11 is 0. The fourth-order valence-electron chi connectivity index (χ4n) is 3.60. The molecule has 4 aromatic rings. The van der Waals surface area contributed by atoms with Crippen LogP contribution in [0.3, 0.4) is 0 Å². The molecule has 1 aliphatic rings. The predicted octanol–water partition coefficient (Wildman–Crippen LogP) is 4.40. The van der Waals surface area contributed by atoms with E-state index in [0.717, 1.165) is 29.8 Å². The second-order valence-electron chi connectivity index (χ2n) is 8.00. The van der Waals surface area contributed by atoms with E-state index in [1.165, 1.54) is 6.20 Å². The summed E-state index contributed by atoms with van der Waals surface area (Å²) in [7, 11) is 1.98. The number of ketones is 1. The number of aromatic nitrogens is 3. The van der Waals surface area contributed by atoms with Gasteiger partial charge in [-0.25, -0.2) is 0 Å². The number of Topliss-reactive ketones (excluding diaryl/α,β-unsaturated/α-hetero) is 1. The number of anilines is 2. The number of fused-ring (bicyclic) bond motifs is 1. The SMILES string of the molecule is CN(c1ccc(CC(=O)C2CC2)cc1)c1ccc(Oc2nc3cnccc3c(=O)[nH]2)cc1. The highest BCUT2D eigenvalue weighted by Gasteiger charge is 2.29. The molecule has 5 rings (SSSR count). The molecular weight excluding hydrogens is 404 g/mol. The first-order valence-electron chi connectivity index (χ1n) is 10.5. The van der Waals surface area contributed by atoms with Gasteiger partial charge in [-0.3, -0.25) is 19.6 Å². The Balaban J connectivity index is 1.28. The van der Waals surface area contributed by atoms with Gasteiger partial charge in [0.15, 0.2) is 0 Å². The van der Waals surface area contributed by atoms with Crippen LogP contribution in [0.15, 0.2) is 71.8 Å². The van der Waals surface area contributed by atoms with Crippen molar-refractivity contribution in [2.75, 3.05) is 11.9 Å². The highest BCUT2D eigenvalue weighted by atomic mass is 16.5. The minimum atomic E-state index is -0.272. The summed E-state index contributed by atoms with van der Waals surface area (Å²) in [4.78, 5) is 37.2. The van der Waals surface area contributed by atoms with Crippen LogP contribution in [0, 0.1) is 5.92 Å². The van der Waals surface area contributed by atoms with Gasteiger partial charge in [0.25, 0.3) is 5.56 Å². The molecule has 0 saturated heterocycles. The molecule has 0 radical (unpaired) electrons. The monoisotopic (exact) mass is 426 g/mol. The lowest BCUT2D eigenvalue weighted by atomic mass is 10.1. The van der Waals surface area contributed by atoms with Crippen LogP contribution in [-0.2, 0) is 11.2 Å². The second kappa shape index (κ2) is 8.26. The molecule has 1 saturated carbocycles. The van der Waals surface area contributed by atoms with Gasteiger partial charge in [-0.05, 0) is 60.9 Å². The summed E-state index contributed by atoms with van der Waals surface area (Å²) in [6.45, 7) is 0. The normalized spacial score (nSPS) is 13.2. The smallest absolute Gasteiger partial charge is 0.302 e. The average Bonchev–Trinajstić information content (AvgIpc) is 3.65. The highest BCUT2D eigenvalue weighted by molar-refractivity contribution is 5.85. The Bertz CT molecular complexity index is 1330. The van der Waals surface area contributed by atoms with E-state index in [1.807, 2.05) is 55.6 Å². The van der Waals surface area contributed by atoms with Crippen molar-refractivity contribution in [3.05, 3.63) is 82.9 Å². The van der Waals surface area contributed by atoms with Gasteiger partial charge in [-0.15, -0.1) is 0 Å². The minimum absolute atomic E-state index is 0.118. The van der Waals surface area contributed by atoms with E-state index in [1.54, 1.807) is 12.3 Å². The van der Waals surface area contributed by atoms with Crippen LogP contribution in [0.1, 0.15) is 18.4 Å². The van der Waals surface area contributed by atoms with Crippen molar-refractivity contribution in [1.29, 1.82) is 0 Å². The first kappa shape index (κ1) is 19.9. The average molecular weight is 426 g/mol. The Morgan fingerprint density at radius 2 is 1.75 bits per heavy atom. The van der Waals surface area contributed by atoms with Crippen molar-refractivity contribution < 1.29 is 9.53 Å². The number of nitrogens with zero attached hydrogens (tertiary/aromatic N) is 3. The zero-order chi connectivity index (χ0) is 22.1. The van der Waals surface area contributed by atoms with E-state index in [9.17, 15) is 9.59 Å². The number of hydrogen-bond acceptors (Lipinski definition) is 6. The molecule has 7 heteroatoms. The second-order valence-corrected chi connectivity index (χ2v) is 8.00. The van der Waals surface area contributed by atoms with Crippen LogP contribution in [0.2, 0.25) is 0 Å². The number of H-pyrrole nitrogens is 1. The van der Waals surface area contributed by atoms with Crippen molar-refractivity contribution in [3.8, 4) is 11.8 Å². The van der Waals surface area contributed by atoms with E-state index >= 15 is 0 Å². The molecule has 160 valence electrons. The molecule has 1 fully saturated rings. The molecule has 7 nitrogen and oxygen atoms in total. The maximum absolute atomic E-state index is 12.2. The fraction of sp³-hybridized carbons (Fsp3) is 0.200. The number of ether oxygens (including phenoxy) is 1. The zero-order valence-electron chi connectivity index (χ0n) is 17.6. The quantitative estimate of drug-likeness (QED) is 0.471. The Morgan fingerprint density at radius 3 is 2.44 bits per heavy atom. The number of nitrogens with one attached hydrogen (secondary N) is 1. The van der Waals surface area contributed by atoms with Crippen molar-refractivity contribution in [1.82, 2.24) is 15.0 Å². The minimum Gasteiger partial charge on any atom is -0.426 e. The van der Waals surface area contributed by atoms with Crippen LogP contribution in [0.25, 0.3) is 10.9 Å². The Labute approximate surface area is 184 Å². The molecule has 1 aliphatic carbocycles. The Hall–Kier alpha value is -4.00. The van der Waals surface area contributed by atoms with E-state index in [4.69, 9.17) is 4.74 Å². The number of carbonyl (C=O) groups excluding carboxylic acids is 1. The molecule has 0 spiro atoms. The lowest BCUT2D eigenvalue weighted by Crippen LogP contribution is -2.10. The highest BCUT2D eigenvalue weighted by Crippen LogP contribution is 2.31. The Morgan fingerprint density at radius 1 is 1.06 bits per heavy atom. The first-order chi connectivity index (χ1) is 15.6. The van der Waals surface area contributed by atoms with E-state index in [2.05, 4.69) is 19.9 Å². The summed E-state index contributed by atoms with van der Waals surface area (Å²) in [6, 6.07) is 17.3. The third-order valence-corrected chi connectivity index (χ3v) is 5.66. The molecule has 0 atom stereocenters. The molecule has 2 heterocycles. The fourth-order valence-corrected chi connectivity index (χ4v) is 3.60. The summed E-state index contributed by atoms with van der Waals surface area (Å²) in [6.07, 6.45) is 5.69. The van der Waals surface area contributed by atoms with Gasteiger partial charge in [0.05, 0.1) is 17.1 Å². The zero-order valence-corrected chi connectivity index (χ0v) is 17.6. The topological polar surface area (TPSA) is 88.2 Å². The lowest BCUT2D eigenvalue weighted by Gasteiger charge is -2.20. The summed E-state index contributed by atoms with van der Waals surface area (Å²) in [5.41, 5.74) is 3.25. The van der Waals surface area contributed by atoms with Crippen LogP contribution >= 0.6 is 0 Å². The molecule has 2 aromatic heterocycles. The standard InChI is InChI=1S/C25H22N4O3/c1-29(18-6-2-16(3-7-18)14-23(30)17-4-5-17)19-8-10-20(11-9-19)32-25-27-22-15-26-13-12-21(22)24(31)28-25/h2-3,6-13,15,17H,4-5,14H2,1H3,(H,27,28,31). The Kier molecular flexibility index (Phi) is 5.15. The number of carbonyl (C=O) groups is 1. The number of aromatic amines is 1. The van der Waals surface area contributed by atoms with Crippen LogP contribution in [0.4, 0.5) is 11.4 Å². The van der Waals surface area contributed by atoms with Gasteiger partial charge in [-0.2, -0.15) is 4.98 Å². The summed E-state index contributed by atoms with van der Waals surface area (Å²) in [5, 5.41) is 0.465.